The lowest BCUT2D eigenvalue weighted by Crippen LogP contribution is -2.22. The molecule has 1 N–H and O–H groups in total. The van der Waals surface area contributed by atoms with Crippen LogP contribution in [0.15, 0.2) is 60.7 Å². The molecule has 8 nitrogen and oxygen atoms in total. The standard InChI is InChI=1S/C25H20ClFN2O6/c1-15-11-22(29(32)33)23(34-2)13-21(15)28-24(30)14-35-25(31)20(17-5-9-19(27)10-6-17)12-16-3-7-18(26)8-4-16/h3-13H,14H2,1-2H3,(H,28,30). The minimum Gasteiger partial charge on any atom is -0.490 e. The van der Waals surface area contributed by atoms with E-state index in [4.69, 9.17) is 21.1 Å². The van der Waals surface area contributed by atoms with E-state index in [9.17, 15) is 24.1 Å². The van der Waals surface area contributed by atoms with Gasteiger partial charge in [-0.1, -0.05) is 35.9 Å². The smallest absolute Gasteiger partial charge is 0.339 e. The van der Waals surface area contributed by atoms with Crippen molar-refractivity contribution in [3.05, 3.63) is 98.3 Å². The number of rotatable bonds is 8. The molecular formula is C25H20ClFN2O6. The summed E-state index contributed by atoms with van der Waals surface area (Å²) < 4.78 is 23.6. The first-order chi connectivity index (χ1) is 16.7. The molecule has 0 atom stereocenters. The van der Waals surface area contributed by atoms with E-state index in [-0.39, 0.29) is 22.7 Å². The minimum absolute atomic E-state index is 0.0302. The zero-order valence-corrected chi connectivity index (χ0v) is 19.5. The number of anilines is 1. The number of hydrogen-bond acceptors (Lipinski definition) is 6. The molecule has 0 spiro atoms. The van der Waals surface area contributed by atoms with Crippen molar-refractivity contribution in [2.45, 2.75) is 6.92 Å². The molecule has 10 heteroatoms. The van der Waals surface area contributed by atoms with Crippen LogP contribution in [0.4, 0.5) is 15.8 Å². The van der Waals surface area contributed by atoms with Crippen LogP contribution in [-0.2, 0) is 14.3 Å². The summed E-state index contributed by atoms with van der Waals surface area (Å²) in [6.45, 7) is 0.951. The second-order valence-corrected chi connectivity index (χ2v) is 7.77. The molecule has 3 rings (SSSR count). The number of aryl methyl sites for hydroxylation is 1. The van der Waals surface area contributed by atoms with Gasteiger partial charge in [0.05, 0.1) is 17.6 Å². The summed E-state index contributed by atoms with van der Waals surface area (Å²) in [5.41, 5.74) is 1.58. The third kappa shape index (κ3) is 6.64. The Bertz CT molecular complexity index is 1290. The van der Waals surface area contributed by atoms with Crippen molar-refractivity contribution >= 4 is 46.5 Å². The molecule has 0 bridgehead atoms. The average Bonchev–Trinajstić information content (AvgIpc) is 2.83. The molecule has 0 aromatic heterocycles. The Labute approximate surface area is 205 Å². The number of nitro benzene ring substituents is 1. The number of nitrogens with one attached hydrogen (secondary N) is 1. The van der Waals surface area contributed by atoms with E-state index in [1.165, 1.54) is 49.6 Å². The molecule has 0 unspecified atom stereocenters. The van der Waals surface area contributed by atoms with Crippen molar-refractivity contribution in [2.75, 3.05) is 19.0 Å². The molecule has 35 heavy (non-hydrogen) atoms. The zero-order chi connectivity index (χ0) is 25.5. The summed E-state index contributed by atoms with van der Waals surface area (Å²) in [4.78, 5) is 35.8. The van der Waals surface area contributed by atoms with Crippen LogP contribution in [0, 0.1) is 22.9 Å². The number of ether oxygens (including phenoxy) is 2. The third-order valence-corrected chi connectivity index (χ3v) is 5.14. The summed E-state index contributed by atoms with van der Waals surface area (Å²) in [6, 6.07) is 14.5. The second-order valence-electron chi connectivity index (χ2n) is 7.34. The summed E-state index contributed by atoms with van der Waals surface area (Å²) in [5, 5.41) is 14.2. The van der Waals surface area contributed by atoms with Crippen molar-refractivity contribution in [1.29, 1.82) is 0 Å². The number of carbonyl (C=O) groups excluding carboxylic acids is 2. The largest absolute Gasteiger partial charge is 0.490 e. The number of carbonyl (C=O) groups is 2. The average molecular weight is 499 g/mol. The van der Waals surface area contributed by atoms with Gasteiger partial charge in [0.2, 0.25) is 0 Å². The number of benzene rings is 3. The molecule has 0 fully saturated rings. The SMILES string of the molecule is COc1cc(NC(=O)COC(=O)C(=Cc2ccc(Cl)cc2)c2ccc(F)cc2)c(C)cc1[N+](=O)[O-]. The van der Waals surface area contributed by atoms with Crippen molar-refractivity contribution in [2.24, 2.45) is 0 Å². The Morgan fingerprint density at radius 3 is 2.37 bits per heavy atom. The van der Waals surface area contributed by atoms with Crippen molar-refractivity contribution in [1.82, 2.24) is 0 Å². The van der Waals surface area contributed by atoms with E-state index in [1.54, 1.807) is 31.2 Å². The number of nitrogens with zero attached hydrogens (tertiary/aromatic N) is 1. The molecule has 0 aliphatic carbocycles. The van der Waals surface area contributed by atoms with E-state index in [2.05, 4.69) is 5.32 Å². The Morgan fingerprint density at radius 2 is 1.77 bits per heavy atom. The Morgan fingerprint density at radius 1 is 1.11 bits per heavy atom. The van der Waals surface area contributed by atoms with Crippen LogP contribution >= 0.6 is 11.6 Å². The van der Waals surface area contributed by atoms with E-state index in [0.717, 1.165) is 0 Å². The lowest BCUT2D eigenvalue weighted by Gasteiger charge is -2.12. The van der Waals surface area contributed by atoms with Gasteiger partial charge in [0.1, 0.15) is 5.82 Å². The molecule has 180 valence electrons. The highest BCUT2D eigenvalue weighted by molar-refractivity contribution is 6.30. The van der Waals surface area contributed by atoms with Crippen LogP contribution in [0.2, 0.25) is 5.02 Å². The molecule has 0 saturated carbocycles. The van der Waals surface area contributed by atoms with Gasteiger partial charge in [-0.05, 0) is 54.0 Å². The first-order valence-electron chi connectivity index (χ1n) is 10.2. The van der Waals surface area contributed by atoms with E-state index in [0.29, 0.717) is 21.7 Å². The van der Waals surface area contributed by atoms with Crippen molar-refractivity contribution in [3.63, 3.8) is 0 Å². The topological polar surface area (TPSA) is 108 Å². The molecule has 0 aliphatic heterocycles. The molecule has 0 radical (unpaired) electrons. The molecule has 1 amide bonds. The van der Waals surface area contributed by atoms with Crippen LogP contribution in [-0.4, -0.2) is 30.5 Å². The first-order valence-corrected chi connectivity index (χ1v) is 10.6. The fraction of sp³-hybridized carbons (Fsp3) is 0.120. The van der Waals surface area contributed by atoms with Crippen molar-refractivity contribution < 1.29 is 28.4 Å². The predicted octanol–water partition coefficient (Wildman–Crippen LogP) is 5.43. The number of methoxy groups -OCH3 is 1. The maximum atomic E-state index is 13.4. The lowest BCUT2D eigenvalue weighted by atomic mass is 10.0. The summed E-state index contributed by atoms with van der Waals surface area (Å²) in [6.07, 6.45) is 1.54. The number of nitro groups is 1. The monoisotopic (exact) mass is 498 g/mol. The molecule has 0 saturated heterocycles. The maximum absolute atomic E-state index is 13.4. The molecule has 3 aromatic carbocycles. The fourth-order valence-electron chi connectivity index (χ4n) is 3.12. The highest BCUT2D eigenvalue weighted by Crippen LogP contribution is 2.32. The van der Waals surface area contributed by atoms with E-state index in [1.807, 2.05) is 0 Å². The molecule has 0 aliphatic rings. The number of halogens is 2. The predicted molar refractivity (Wildman–Crippen MR) is 130 cm³/mol. The summed E-state index contributed by atoms with van der Waals surface area (Å²) in [5.74, 6) is -1.97. The van der Waals surface area contributed by atoms with Crippen LogP contribution in [0.1, 0.15) is 16.7 Å². The highest BCUT2D eigenvalue weighted by atomic mass is 35.5. The van der Waals surface area contributed by atoms with E-state index >= 15 is 0 Å². The number of amides is 1. The van der Waals surface area contributed by atoms with Crippen LogP contribution < -0.4 is 10.1 Å². The molecule has 3 aromatic rings. The van der Waals surface area contributed by atoms with Gasteiger partial charge in [-0.15, -0.1) is 0 Å². The Balaban J connectivity index is 1.77. The minimum atomic E-state index is -0.806. The van der Waals surface area contributed by atoms with Crippen LogP contribution in [0.5, 0.6) is 5.75 Å². The highest BCUT2D eigenvalue weighted by Gasteiger charge is 2.20. The van der Waals surface area contributed by atoms with Gasteiger partial charge in [0, 0.05) is 22.8 Å². The van der Waals surface area contributed by atoms with Gasteiger partial charge in [-0.25, -0.2) is 9.18 Å². The number of esters is 1. The van der Waals surface area contributed by atoms with Gasteiger partial charge in [0.25, 0.3) is 5.91 Å². The fourth-order valence-corrected chi connectivity index (χ4v) is 3.25. The Hall–Kier alpha value is -4.24. The third-order valence-electron chi connectivity index (χ3n) is 4.89. The lowest BCUT2D eigenvalue weighted by molar-refractivity contribution is -0.385. The van der Waals surface area contributed by atoms with Crippen LogP contribution in [0.3, 0.4) is 0 Å². The van der Waals surface area contributed by atoms with Gasteiger partial charge < -0.3 is 14.8 Å². The van der Waals surface area contributed by atoms with E-state index < -0.39 is 29.2 Å². The van der Waals surface area contributed by atoms with Crippen molar-refractivity contribution in [3.8, 4) is 5.75 Å². The number of hydrogen-bond donors (Lipinski definition) is 1. The van der Waals surface area contributed by atoms with Gasteiger partial charge in [-0.3, -0.25) is 14.9 Å². The zero-order valence-electron chi connectivity index (χ0n) is 18.7. The van der Waals surface area contributed by atoms with Gasteiger partial charge >= 0.3 is 11.7 Å². The van der Waals surface area contributed by atoms with Crippen LogP contribution in [0.25, 0.3) is 11.6 Å². The van der Waals surface area contributed by atoms with Gasteiger partial charge in [-0.2, -0.15) is 0 Å². The summed E-state index contributed by atoms with van der Waals surface area (Å²) >= 11 is 5.91. The quantitative estimate of drug-likeness (QED) is 0.146. The van der Waals surface area contributed by atoms with Gasteiger partial charge in [0.15, 0.2) is 12.4 Å². The molecular weight excluding hydrogens is 479 g/mol. The first kappa shape index (κ1) is 25.4. The Kier molecular flexibility index (Phi) is 8.17. The second kappa shape index (κ2) is 11.3. The molecule has 0 heterocycles. The normalized spacial score (nSPS) is 11.0. The summed E-state index contributed by atoms with van der Waals surface area (Å²) in [7, 11) is 1.27. The maximum Gasteiger partial charge on any atom is 0.339 e.